The van der Waals surface area contributed by atoms with E-state index in [-0.39, 0.29) is 0 Å². The van der Waals surface area contributed by atoms with Crippen molar-refractivity contribution < 1.29 is 18.3 Å². The van der Waals surface area contributed by atoms with Crippen molar-refractivity contribution in [2.45, 2.75) is 32.9 Å². The molecule has 0 saturated carbocycles. The van der Waals surface area contributed by atoms with Gasteiger partial charge in [-0.25, -0.2) is 9.59 Å². The van der Waals surface area contributed by atoms with Crippen LogP contribution in [0.5, 0.6) is 0 Å². The van der Waals surface area contributed by atoms with E-state index in [0.717, 1.165) is 13.8 Å². The highest BCUT2D eigenvalue weighted by Crippen LogP contribution is 2.14. The first-order chi connectivity index (χ1) is 12.6. The van der Waals surface area contributed by atoms with Gasteiger partial charge >= 0.3 is 11.8 Å². The average molecular weight is 446 g/mol. The minimum absolute atomic E-state index is 0.429. The van der Waals surface area contributed by atoms with E-state index in [1.807, 2.05) is 0 Å². The summed E-state index contributed by atoms with van der Waals surface area (Å²) in [7, 11) is 0. The number of amides is 1. The zero-order valence-corrected chi connectivity index (χ0v) is 16.5. The number of benzene rings is 1. The van der Waals surface area contributed by atoms with E-state index in [2.05, 4.69) is 31.7 Å². The van der Waals surface area contributed by atoms with Crippen molar-refractivity contribution in [2.75, 3.05) is 6.54 Å². The molecule has 1 amide bonds. The summed E-state index contributed by atoms with van der Waals surface area (Å²) in [4.78, 5) is 24.0. The molecule has 146 valence electrons. The summed E-state index contributed by atoms with van der Waals surface area (Å²) in [5.74, 6) is 0. The van der Waals surface area contributed by atoms with Crippen LogP contribution in [0.1, 0.15) is 20.8 Å². The van der Waals surface area contributed by atoms with Crippen LogP contribution in [-0.2, 0) is 11.3 Å². The standard InChI is InChI=1S/C16H18BrF2N5O3/c1-16(2,3)27-14(25)20-8-10(13(18)19)9-23-15(26)24(22-21-23)12-6-4-5-11(17)7-12/h4-7H,8-9H2,1-3H3,(H,20,25). The fourth-order valence-corrected chi connectivity index (χ4v) is 2.39. The number of nitrogens with one attached hydrogen (secondary N) is 1. The number of carbonyl (C=O) groups is 1. The van der Waals surface area contributed by atoms with Crippen LogP contribution in [0.4, 0.5) is 13.6 Å². The van der Waals surface area contributed by atoms with Gasteiger partial charge < -0.3 is 10.1 Å². The third-order valence-corrected chi connectivity index (χ3v) is 3.64. The van der Waals surface area contributed by atoms with E-state index in [4.69, 9.17) is 4.74 Å². The third-order valence-electron chi connectivity index (χ3n) is 3.15. The van der Waals surface area contributed by atoms with Crippen molar-refractivity contribution in [1.82, 2.24) is 25.1 Å². The number of carbonyl (C=O) groups excluding carboxylic acids is 1. The predicted molar refractivity (Wildman–Crippen MR) is 96.8 cm³/mol. The summed E-state index contributed by atoms with van der Waals surface area (Å²) in [6, 6.07) is 6.72. The first-order valence-electron chi connectivity index (χ1n) is 7.85. The zero-order chi connectivity index (χ0) is 20.2. The van der Waals surface area contributed by atoms with E-state index in [0.29, 0.717) is 5.69 Å². The molecule has 1 aromatic carbocycles. The molecule has 0 fully saturated rings. The van der Waals surface area contributed by atoms with E-state index < -0.39 is 42.1 Å². The van der Waals surface area contributed by atoms with Gasteiger partial charge in [0.1, 0.15) is 5.60 Å². The summed E-state index contributed by atoms with van der Waals surface area (Å²) in [6.45, 7) is 3.94. The molecular formula is C16H18BrF2N5O3. The van der Waals surface area contributed by atoms with Gasteiger partial charge in [0.05, 0.1) is 12.2 Å². The number of hydrogen-bond acceptors (Lipinski definition) is 5. The van der Waals surface area contributed by atoms with Crippen molar-refractivity contribution in [3.8, 4) is 5.69 Å². The first kappa shape index (κ1) is 20.7. The summed E-state index contributed by atoms with van der Waals surface area (Å²) < 4.78 is 33.9. The molecule has 1 N–H and O–H groups in total. The van der Waals surface area contributed by atoms with Gasteiger partial charge in [0.25, 0.3) is 6.08 Å². The Morgan fingerprint density at radius 2 is 2.00 bits per heavy atom. The molecule has 0 atom stereocenters. The highest BCUT2D eigenvalue weighted by atomic mass is 79.9. The number of hydrogen-bond donors (Lipinski definition) is 1. The number of rotatable bonds is 5. The minimum atomic E-state index is -2.02. The zero-order valence-electron chi connectivity index (χ0n) is 14.9. The van der Waals surface area contributed by atoms with Gasteiger partial charge in [0.2, 0.25) is 0 Å². The highest BCUT2D eigenvalue weighted by Gasteiger charge is 2.18. The average Bonchev–Trinajstić information content (AvgIpc) is 2.90. The lowest BCUT2D eigenvalue weighted by Gasteiger charge is -2.19. The normalized spacial score (nSPS) is 11.2. The number of aromatic nitrogens is 4. The Bertz CT molecular complexity index is 913. The lowest BCUT2D eigenvalue weighted by molar-refractivity contribution is 0.0531. The molecule has 11 heteroatoms. The van der Waals surface area contributed by atoms with Crippen molar-refractivity contribution in [3.05, 3.63) is 50.9 Å². The van der Waals surface area contributed by atoms with Crippen LogP contribution in [0.15, 0.2) is 45.2 Å². The second kappa shape index (κ2) is 8.42. The fraction of sp³-hybridized carbons (Fsp3) is 0.375. The van der Waals surface area contributed by atoms with Crippen molar-refractivity contribution in [1.29, 1.82) is 0 Å². The molecule has 0 aliphatic carbocycles. The van der Waals surface area contributed by atoms with E-state index >= 15 is 0 Å². The monoisotopic (exact) mass is 445 g/mol. The quantitative estimate of drug-likeness (QED) is 0.763. The van der Waals surface area contributed by atoms with E-state index in [1.54, 1.807) is 45.0 Å². The SMILES string of the molecule is CC(C)(C)OC(=O)NCC(Cn1nnn(-c2cccc(Br)c2)c1=O)=C(F)F. The second-order valence-corrected chi connectivity index (χ2v) is 7.45. The van der Waals surface area contributed by atoms with Crippen LogP contribution in [0.3, 0.4) is 0 Å². The second-order valence-electron chi connectivity index (χ2n) is 6.53. The fourth-order valence-electron chi connectivity index (χ4n) is 2.00. The molecule has 2 aromatic rings. The molecule has 1 heterocycles. The number of halogens is 3. The molecule has 8 nitrogen and oxygen atoms in total. The van der Waals surface area contributed by atoms with E-state index in [9.17, 15) is 18.4 Å². The van der Waals surface area contributed by atoms with Crippen LogP contribution in [0.25, 0.3) is 5.69 Å². The molecule has 2 rings (SSSR count). The topological polar surface area (TPSA) is 91.0 Å². The summed E-state index contributed by atoms with van der Waals surface area (Å²) in [6.07, 6.45) is -2.86. The Labute approximate surface area is 161 Å². The minimum Gasteiger partial charge on any atom is -0.444 e. The van der Waals surface area contributed by atoms with Crippen molar-refractivity contribution >= 4 is 22.0 Å². The molecule has 0 aliphatic rings. The molecule has 0 saturated heterocycles. The van der Waals surface area contributed by atoms with Crippen molar-refractivity contribution in [2.24, 2.45) is 0 Å². The molecule has 27 heavy (non-hydrogen) atoms. The summed E-state index contributed by atoms with van der Waals surface area (Å²) >= 11 is 3.28. The van der Waals surface area contributed by atoms with Crippen LogP contribution in [0.2, 0.25) is 0 Å². The maximum Gasteiger partial charge on any atom is 0.407 e. The Hall–Kier alpha value is -2.56. The lowest BCUT2D eigenvalue weighted by atomic mass is 10.2. The van der Waals surface area contributed by atoms with Gasteiger partial charge in [-0.2, -0.15) is 18.1 Å². The molecule has 0 bridgehead atoms. The maximum absolute atomic E-state index is 13.2. The Morgan fingerprint density at radius 1 is 1.30 bits per heavy atom. The summed E-state index contributed by atoms with van der Waals surface area (Å²) in [5, 5.41) is 9.55. The van der Waals surface area contributed by atoms with Gasteiger partial charge in [0, 0.05) is 16.6 Å². The van der Waals surface area contributed by atoms with Gasteiger partial charge in [-0.3, -0.25) is 0 Å². The van der Waals surface area contributed by atoms with Crippen LogP contribution < -0.4 is 11.0 Å². The number of nitrogens with zero attached hydrogens (tertiary/aromatic N) is 4. The number of ether oxygens (including phenoxy) is 1. The smallest absolute Gasteiger partial charge is 0.407 e. The highest BCUT2D eigenvalue weighted by molar-refractivity contribution is 9.10. The molecule has 1 aromatic heterocycles. The maximum atomic E-state index is 13.2. The lowest BCUT2D eigenvalue weighted by Crippen LogP contribution is -2.35. The van der Waals surface area contributed by atoms with Crippen molar-refractivity contribution in [3.63, 3.8) is 0 Å². The first-order valence-corrected chi connectivity index (χ1v) is 8.65. The van der Waals surface area contributed by atoms with Gasteiger partial charge in [-0.15, -0.1) is 0 Å². The Balaban J connectivity index is 2.13. The molecule has 0 radical (unpaired) electrons. The molecule has 0 spiro atoms. The van der Waals surface area contributed by atoms with Gasteiger partial charge in [-0.1, -0.05) is 22.0 Å². The molecular weight excluding hydrogens is 428 g/mol. The predicted octanol–water partition coefficient (Wildman–Crippen LogP) is 2.87. The van der Waals surface area contributed by atoms with Crippen LogP contribution in [0, 0.1) is 0 Å². The van der Waals surface area contributed by atoms with Crippen LogP contribution >= 0.6 is 15.9 Å². The van der Waals surface area contributed by atoms with E-state index in [1.165, 1.54) is 0 Å². The summed E-state index contributed by atoms with van der Waals surface area (Å²) in [5.41, 5.74) is -1.50. The molecule has 0 unspecified atom stereocenters. The Kier molecular flexibility index (Phi) is 6.47. The van der Waals surface area contributed by atoms with Crippen LogP contribution in [-0.4, -0.2) is 38.0 Å². The Morgan fingerprint density at radius 3 is 2.59 bits per heavy atom. The largest absolute Gasteiger partial charge is 0.444 e. The third kappa shape index (κ3) is 5.98. The number of alkyl carbamates (subject to hydrolysis) is 1. The van der Waals surface area contributed by atoms with Gasteiger partial charge in [0.15, 0.2) is 0 Å². The van der Waals surface area contributed by atoms with Gasteiger partial charge in [-0.05, 0) is 49.4 Å². The number of tetrazole rings is 1. The molecule has 0 aliphatic heterocycles.